The van der Waals surface area contributed by atoms with Gasteiger partial charge in [0.1, 0.15) is 0 Å². The molecule has 1 atom stereocenters. The molecule has 0 aromatic heterocycles. The van der Waals surface area contributed by atoms with Crippen molar-refractivity contribution in [2.45, 2.75) is 39.7 Å². The van der Waals surface area contributed by atoms with Gasteiger partial charge in [-0.15, -0.1) is 0 Å². The molecule has 1 aromatic rings. The van der Waals surface area contributed by atoms with Crippen molar-refractivity contribution in [3.05, 3.63) is 22.2 Å². The molecule has 1 unspecified atom stereocenters. The van der Waals surface area contributed by atoms with Gasteiger partial charge in [0.15, 0.2) is 18.3 Å². The van der Waals surface area contributed by atoms with Crippen LogP contribution in [-0.4, -0.2) is 26.0 Å². The second-order valence-corrected chi connectivity index (χ2v) is 5.32. The lowest BCUT2D eigenvalue weighted by molar-refractivity contribution is 0.0201. The monoisotopic (exact) mass is 345 g/mol. The maximum Gasteiger partial charge on any atom is 0.189 e. The number of halogens is 1. The largest absolute Gasteiger partial charge is 0.490 e. The van der Waals surface area contributed by atoms with Gasteiger partial charge >= 0.3 is 0 Å². The molecular formula is C15H24BrNO3. The Morgan fingerprint density at radius 2 is 1.90 bits per heavy atom. The van der Waals surface area contributed by atoms with Crippen LogP contribution in [-0.2, 0) is 11.2 Å². The van der Waals surface area contributed by atoms with E-state index in [0.29, 0.717) is 19.0 Å². The van der Waals surface area contributed by atoms with Gasteiger partial charge in [-0.05, 0) is 60.3 Å². The van der Waals surface area contributed by atoms with E-state index in [9.17, 15) is 0 Å². The van der Waals surface area contributed by atoms with E-state index in [1.807, 2.05) is 26.0 Å². The normalized spacial score (nSPS) is 12.2. The maximum atomic E-state index is 6.01. The molecule has 0 radical (unpaired) electrons. The highest BCUT2D eigenvalue weighted by Gasteiger charge is 2.13. The average Bonchev–Trinajstić information content (AvgIpc) is 2.42. The summed E-state index contributed by atoms with van der Waals surface area (Å²) in [7, 11) is 0. The van der Waals surface area contributed by atoms with E-state index in [0.717, 1.165) is 28.6 Å². The van der Waals surface area contributed by atoms with Crippen LogP contribution in [0.15, 0.2) is 16.6 Å². The number of rotatable bonds is 9. The molecule has 0 spiro atoms. The summed E-state index contributed by atoms with van der Waals surface area (Å²) in [4.78, 5) is 0. The molecular weight excluding hydrogens is 322 g/mol. The average molecular weight is 346 g/mol. The molecule has 0 aliphatic carbocycles. The molecule has 20 heavy (non-hydrogen) atoms. The van der Waals surface area contributed by atoms with Crippen LogP contribution in [0.25, 0.3) is 0 Å². The summed E-state index contributed by atoms with van der Waals surface area (Å²) in [6.07, 6.45) is 1.77. The van der Waals surface area contributed by atoms with Crippen molar-refractivity contribution in [1.29, 1.82) is 0 Å². The Bertz CT molecular complexity index is 412. The quantitative estimate of drug-likeness (QED) is 0.549. The number of hydrogen-bond donors (Lipinski definition) is 1. The first kappa shape index (κ1) is 17.3. The summed E-state index contributed by atoms with van der Waals surface area (Å²) in [6, 6.07) is 4.18. The van der Waals surface area contributed by atoms with Gasteiger partial charge in [0.05, 0.1) is 11.1 Å². The van der Waals surface area contributed by atoms with Crippen LogP contribution in [0, 0.1) is 0 Å². The van der Waals surface area contributed by atoms with E-state index in [-0.39, 0.29) is 12.8 Å². The van der Waals surface area contributed by atoms with Gasteiger partial charge in [-0.2, -0.15) is 0 Å². The topological polar surface area (TPSA) is 53.7 Å². The summed E-state index contributed by atoms with van der Waals surface area (Å²) in [5.41, 5.74) is 7.15. The van der Waals surface area contributed by atoms with Crippen molar-refractivity contribution in [1.82, 2.24) is 0 Å². The molecule has 0 heterocycles. The molecule has 1 rings (SSSR count). The van der Waals surface area contributed by atoms with E-state index in [2.05, 4.69) is 22.9 Å². The Morgan fingerprint density at radius 3 is 2.50 bits per heavy atom. The SMILES string of the molecule is CCOCOc1c(Br)cc(CC(N)CC)cc1OCC. The Labute approximate surface area is 129 Å². The molecule has 0 fully saturated rings. The fourth-order valence-corrected chi connectivity index (χ4v) is 2.38. The lowest BCUT2D eigenvalue weighted by Crippen LogP contribution is -2.21. The number of nitrogens with two attached hydrogens (primary N) is 1. The molecule has 0 saturated carbocycles. The molecule has 0 amide bonds. The van der Waals surface area contributed by atoms with Crippen LogP contribution in [0.3, 0.4) is 0 Å². The fourth-order valence-electron chi connectivity index (χ4n) is 1.77. The van der Waals surface area contributed by atoms with Gasteiger partial charge in [0.2, 0.25) is 0 Å². The highest BCUT2D eigenvalue weighted by molar-refractivity contribution is 9.10. The minimum Gasteiger partial charge on any atom is -0.490 e. The Hall–Kier alpha value is -0.780. The van der Waals surface area contributed by atoms with E-state index < -0.39 is 0 Å². The smallest absolute Gasteiger partial charge is 0.189 e. The first-order chi connectivity index (χ1) is 9.62. The number of benzene rings is 1. The molecule has 0 aliphatic heterocycles. The van der Waals surface area contributed by atoms with Crippen molar-refractivity contribution in [3.63, 3.8) is 0 Å². The highest BCUT2D eigenvalue weighted by atomic mass is 79.9. The Kier molecular flexibility index (Phi) is 7.95. The third kappa shape index (κ3) is 5.31. The van der Waals surface area contributed by atoms with Gasteiger partial charge in [0, 0.05) is 12.6 Å². The second-order valence-electron chi connectivity index (χ2n) is 4.47. The Morgan fingerprint density at radius 1 is 1.15 bits per heavy atom. The minimum atomic E-state index is 0.159. The van der Waals surface area contributed by atoms with E-state index >= 15 is 0 Å². The van der Waals surface area contributed by atoms with Crippen molar-refractivity contribution >= 4 is 15.9 Å². The summed E-state index contributed by atoms with van der Waals surface area (Å²) < 4.78 is 17.4. The Balaban J connectivity index is 2.92. The maximum absolute atomic E-state index is 6.01. The zero-order valence-corrected chi connectivity index (χ0v) is 14.0. The van der Waals surface area contributed by atoms with Crippen LogP contribution in [0.5, 0.6) is 11.5 Å². The predicted octanol–water partition coefficient (Wildman–Crippen LogP) is 3.50. The van der Waals surface area contributed by atoms with Crippen molar-refractivity contribution < 1.29 is 14.2 Å². The summed E-state index contributed by atoms with van der Waals surface area (Å²) in [6.45, 7) is 7.37. The molecule has 0 saturated heterocycles. The summed E-state index contributed by atoms with van der Waals surface area (Å²) in [5.74, 6) is 1.40. The third-order valence-corrected chi connectivity index (χ3v) is 3.47. The molecule has 5 heteroatoms. The van der Waals surface area contributed by atoms with Crippen LogP contribution >= 0.6 is 15.9 Å². The molecule has 0 bridgehead atoms. The standard InChI is InChI=1S/C15H24BrNO3/c1-4-12(17)7-11-8-13(16)15(20-10-18-5-2)14(9-11)19-6-3/h8-9,12H,4-7,10,17H2,1-3H3. The van der Waals surface area contributed by atoms with Crippen molar-refractivity contribution in [2.75, 3.05) is 20.0 Å². The minimum absolute atomic E-state index is 0.159. The highest BCUT2D eigenvalue weighted by Crippen LogP contribution is 2.37. The van der Waals surface area contributed by atoms with Gasteiger partial charge in [-0.3, -0.25) is 0 Å². The van der Waals surface area contributed by atoms with E-state index in [1.54, 1.807) is 0 Å². The first-order valence-corrected chi connectivity index (χ1v) is 7.82. The predicted molar refractivity (Wildman–Crippen MR) is 84.4 cm³/mol. The molecule has 1 aromatic carbocycles. The lowest BCUT2D eigenvalue weighted by atomic mass is 10.0. The molecule has 114 valence electrons. The molecule has 4 nitrogen and oxygen atoms in total. The van der Waals surface area contributed by atoms with Crippen molar-refractivity contribution in [3.8, 4) is 11.5 Å². The van der Waals surface area contributed by atoms with Crippen LogP contribution in [0.1, 0.15) is 32.8 Å². The first-order valence-electron chi connectivity index (χ1n) is 7.03. The van der Waals surface area contributed by atoms with Crippen molar-refractivity contribution in [2.24, 2.45) is 5.73 Å². The van der Waals surface area contributed by atoms with Gasteiger partial charge in [-0.25, -0.2) is 0 Å². The van der Waals surface area contributed by atoms with Crippen LogP contribution < -0.4 is 15.2 Å². The van der Waals surface area contributed by atoms with Crippen LogP contribution in [0.4, 0.5) is 0 Å². The van der Waals surface area contributed by atoms with E-state index in [4.69, 9.17) is 19.9 Å². The van der Waals surface area contributed by atoms with E-state index in [1.165, 1.54) is 0 Å². The van der Waals surface area contributed by atoms with Gasteiger partial charge in [0.25, 0.3) is 0 Å². The summed E-state index contributed by atoms with van der Waals surface area (Å²) >= 11 is 3.53. The zero-order chi connectivity index (χ0) is 15.0. The van der Waals surface area contributed by atoms with Gasteiger partial charge in [-0.1, -0.05) is 6.92 Å². The molecule has 0 aliphatic rings. The lowest BCUT2D eigenvalue weighted by Gasteiger charge is -2.16. The second kappa shape index (κ2) is 9.21. The van der Waals surface area contributed by atoms with Crippen LogP contribution in [0.2, 0.25) is 0 Å². The fraction of sp³-hybridized carbons (Fsp3) is 0.600. The van der Waals surface area contributed by atoms with Gasteiger partial charge < -0.3 is 19.9 Å². The zero-order valence-electron chi connectivity index (χ0n) is 12.4. The third-order valence-electron chi connectivity index (χ3n) is 2.88. The molecule has 2 N–H and O–H groups in total. The number of ether oxygens (including phenoxy) is 3. The number of hydrogen-bond acceptors (Lipinski definition) is 4. The summed E-state index contributed by atoms with van der Waals surface area (Å²) in [5, 5.41) is 0.